The molecule has 28 heavy (non-hydrogen) atoms. The molecule has 1 unspecified atom stereocenters. The molecule has 0 bridgehead atoms. The zero-order chi connectivity index (χ0) is 20.9. The predicted molar refractivity (Wildman–Crippen MR) is 97.8 cm³/mol. The topological polar surface area (TPSA) is 90.6 Å². The van der Waals surface area contributed by atoms with Crippen molar-refractivity contribution in [1.82, 2.24) is 14.5 Å². The van der Waals surface area contributed by atoms with Crippen LogP contribution in [0.5, 0.6) is 0 Å². The number of aliphatic hydroxyl groups excluding tert-OH is 1. The van der Waals surface area contributed by atoms with Gasteiger partial charge in [-0.1, -0.05) is 6.42 Å². The molecule has 2 aliphatic rings. The number of hydrogen-bond donors (Lipinski definition) is 3. The van der Waals surface area contributed by atoms with E-state index in [1.54, 1.807) is 0 Å². The minimum absolute atomic E-state index is 0.214. The van der Waals surface area contributed by atoms with Crippen LogP contribution in [0.4, 0.5) is 19.1 Å². The first-order valence-electron chi connectivity index (χ1n) is 9.49. The van der Waals surface area contributed by atoms with Crippen molar-refractivity contribution >= 4 is 11.9 Å². The number of hydrogen-bond acceptors (Lipinski definition) is 5. The van der Waals surface area contributed by atoms with Crippen LogP contribution in [0.2, 0.25) is 0 Å². The molecule has 4 atom stereocenters. The SMILES string of the molecule is CC(O)CN1C[C@H]2CCC[C@@H](CNc3nccn3C)[C@H]2C1.O=C(O)C(F)(F)F. The van der Waals surface area contributed by atoms with Gasteiger partial charge in [0.2, 0.25) is 5.95 Å². The van der Waals surface area contributed by atoms with Gasteiger partial charge in [0.15, 0.2) is 0 Å². The lowest BCUT2D eigenvalue weighted by Crippen LogP contribution is -2.33. The largest absolute Gasteiger partial charge is 0.490 e. The molecule has 2 fully saturated rings. The second-order valence-corrected chi connectivity index (χ2v) is 7.73. The summed E-state index contributed by atoms with van der Waals surface area (Å²) in [5.41, 5.74) is 0. The molecular formula is C18H29F3N4O3. The van der Waals surface area contributed by atoms with Crippen molar-refractivity contribution < 1.29 is 28.2 Å². The first kappa shape index (κ1) is 22.5. The maximum Gasteiger partial charge on any atom is 0.490 e. The fraction of sp³-hybridized carbons (Fsp3) is 0.778. The van der Waals surface area contributed by atoms with Gasteiger partial charge in [0.25, 0.3) is 0 Å². The molecule has 160 valence electrons. The summed E-state index contributed by atoms with van der Waals surface area (Å²) in [6, 6.07) is 0. The summed E-state index contributed by atoms with van der Waals surface area (Å²) < 4.78 is 33.8. The van der Waals surface area contributed by atoms with Crippen LogP contribution in [0.3, 0.4) is 0 Å². The molecule has 7 nitrogen and oxygen atoms in total. The molecule has 1 aliphatic carbocycles. The molecule has 1 saturated carbocycles. The molecule has 0 spiro atoms. The van der Waals surface area contributed by atoms with Crippen molar-refractivity contribution in [2.75, 3.05) is 31.5 Å². The smallest absolute Gasteiger partial charge is 0.475 e. The Morgan fingerprint density at radius 3 is 2.61 bits per heavy atom. The van der Waals surface area contributed by atoms with Gasteiger partial charge in [0.1, 0.15) is 0 Å². The normalized spacial score (nSPS) is 26.1. The number of rotatable bonds is 5. The lowest BCUT2D eigenvalue weighted by atomic mass is 9.74. The lowest BCUT2D eigenvalue weighted by Gasteiger charge is -2.33. The van der Waals surface area contributed by atoms with E-state index in [1.165, 1.54) is 25.8 Å². The Labute approximate surface area is 162 Å². The molecule has 1 aliphatic heterocycles. The lowest BCUT2D eigenvalue weighted by molar-refractivity contribution is -0.192. The second kappa shape index (κ2) is 9.60. The Morgan fingerprint density at radius 1 is 1.39 bits per heavy atom. The van der Waals surface area contributed by atoms with Crippen molar-refractivity contribution in [3.8, 4) is 0 Å². The number of nitrogens with zero attached hydrogens (tertiary/aromatic N) is 3. The number of β-amino-alcohol motifs (C(OH)–C–C–N with tert-alkyl or cyclic N) is 1. The van der Waals surface area contributed by atoms with Gasteiger partial charge in [-0.2, -0.15) is 13.2 Å². The predicted octanol–water partition coefficient (Wildman–Crippen LogP) is 2.19. The third kappa shape index (κ3) is 6.37. The maximum absolute atomic E-state index is 10.6. The van der Waals surface area contributed by atoms with E-state index in [0.29, 0.717) is 0 Å². The number of aliphatic hydroxyl groups is 1. The Morgan fingerprint density at radius 2 is 2.07 bits per heavy atom. The summed E-state index contributed by atoms with van der Waals surface area (Å²) in [6.07, 6.45) is 2.55. The molecular weight excluding hydrogens is 377 g/mol. The number of aryl methyl sites for hydroxylation is 1. The molecule has 0 radical (unpaired) electrons. The minimum Gasteiger partial charge on any atom is -0.475 e. The monoisotopic (exact) mass is 406 g/mol. The minimum atomic E-state index is -5.08. The number of anilines is 1. The quantitative estimate of drug-likeness (QED) is 0.695. The number of alkyl halides is 3. The summed E-state index contributed by atoms with van der Waals surface area (Å²) in [7, 11) is 2.03. The average Bonchev–Trinajstić information content (AvgIpc) is 3.17. The number of carbonyl (C=O) groups is 1. The number of fused-ring (bicyclic) bond motifs is 1. The summed E-state index contributed by atoms with van der Waals surface area (Å²) in [4.78, 5) is 15.7. The van der Waals surface area contributed by atoms with E-state index >= 15 is 0 Å². The second-order valence-electron chi connectivity index (χ2n) is 7.73. The molecule has 10 heteroatoms. The zero-order valence-corrected chi connectivity index (χ0v) is 16.2. The fourth-order valence-electron chi connectivity index (χ4n) is 4.22. The molecule has 1 aromatic rings. The van der Waals surface area contributed by atoms with Crippen molar-refractivity contribution in [1.29, 1.82) is 0 Å². The van der Waals surface area contributed by atoms with Gasteiger partial charge in [-0.25, -0.2) is 9.78 Å². The van der Waals surface area contributed by atoms with Crippen LogP contribution in [0.1, 0.15) is 26.2 Å². The Kier molecular flexibility index (Phi) is 7.70. The van der Waals surface area contributed by atoms with E-state index in [4.69, 9.17) is 9.90 Å². The number of likely N-dealkylation sites (tertiary alicyclic amines) is 1. The molecule has 1 aromatic heterocycles. The Bertz CT molecular complexity index is 636. The highest BCUT2D eigenvalue weighted by Gasteiger charge is 2.40. The van der Waals surface area contributed by atoms with E-state index < -0.39 is 12.1 Å². The number of nitrogens with one attached hydrogen (secondary N) is 1. The van der Waals surface area contributed by atoms with Crippen LogP contribution in [0.25, 0.3) is 0 Å². The van der Waals surface area contributed by atoms with Gasteiger partial charge in [-0.3, -0.25) is 0 Å². The van der Waals surface area contributed by atoms with Crippen LogP contribution in [-0.2, 0) is 11.8 Å². The number of carboxylic acids is 1. The molecule has 0 amide bonds. The van der Waals surface area contributed by atoms with E-state index in [9.17, 15) is 18.3 Å². The van der Waals surface area contributed by atoms with E-state index in [-0.39, 0.29) is 6.10 Å². The number of carboxylic acid groups (broad SMARTS) is 1. The molecule has 0 aromatic carbocycles. The molecule has 2 heterocycles. The Balaban J connectivity index is 0.000000345. The summed E-state index contributed by atoms with van der Waals surface area (Å²) in [6.45, 7) is 6.07. The van der Waals surface area contributed by atoms with Crippen LogP contribution in [-0.4, -0.2) is 69.1 Å². The van der Waals surface area contributed by atoms with Crippen molar-refractivity contribution in [2.24, 2.45) is 24.8 Å². The van der Waals surface area contributed by atoms with Crippen LogP contribution in [0, 0.1) is 17.8 Å². The van der Waals surface area contributed by atoms with Gasteiger partial charge < -0.3 is 25.0 Å². The number of imidazole rings is 1. The van der Waals surface area contributed by atoms with Gasteiger partial charge in [-0.15, -0.1) is 0 Å². The number of halogens is 3. The number of aliphatic carboxylic acids is 1. The zero-order valence-electron chi connectivity index (χ0n) is 16.2. The van der Waals surface area contributed by atoms with Crippen LogP contribution >= 0.6 is 0 Å². The third-order valence-electron chi connectivity index (χ3n) is 5.43. The number of aromatic nitrogens is 2. The summed E-state index contributed by atoms with van der Waals surface area (Å²) in [5, 5.41) is 20.2. The highest BCUT2D eigenvalue weighted by molar-refractivity contribution is 5.73. The standard InChI is InChI=1S/C16H28N4O.C2HF3O2/c1-12(21)9-20-10-14-5-3-4-13(15(14)11-20)8-18-16-17-6-7-19(16)2;3-2(4,5)1(6)7/h6-7,12-15,21H,3-5,8-11H2,1-2H3,(H,17,18);(H,6,7)/t12?,13-,14+,15+;/m0./s1. The molecule has 3 N–H and O–H groups in total. The van der Waals surface area contributed by atoms with Crippen molar-refractivity contribution in [3.63, 3.8) is 0 Å². The average molecular weight is 406 g/mol. The Hall–Kier alpha value is -1.81. The van der Waals surface area contributed by atoms with E-state index in [0.717, 1.165) is 43.3 Å². The first-order valence-corrected chi connectivity index (χ1v) is 9.49. The maximum atomic E-state index is 10.6. The fourth-order valence-corrected chi connectivity index (χ4v) is 4.22. The van der Waals surface area contributed by atoms with Gasteiger partial charge >= 0.3 is 12.1 Å². The van der Waals surface area contributed by atoms with Crippen LogP contribution in [0.15, 0.2) is 12.4 Å². The van der Waals surface area contributed by atoms with E-state index in [2.05, 4.69) is 15.2 Å². The van der Waals surface area contributed by atoms with Crippen LogP contribution < -0.4 is 5.32 Å². The third-order valence-corrected chi connectivity index (χ3v) is 5.43. The molecule has 1 saturated heterocycles. The van der Waals surface area contributed by atoms with Gasteiger partial charge in [0, 0.05) is 45.6 Å². The first-order chi connectivity index (χ1) is 13.1. The van der Waals surface area contributed by atoms with Gasteiger partial charge in [0.05, 0.1) is 6.10 Å². The summed E-state index contributed by atoms with van der Waals surface area (Å²) >= 11 is 0. The van der Waals surface area contributed by atoms with Gasteiger partial charge in [-0.05, 0) is 37.5 Å². The van der Waals surface area contributed by atoms with Crippen molar-refractivity contribution in [3.05, 3.63) is 12.4 Å². The summed E-state index contributed by atoms with van der Waals surface area (Å²) in [5.74, 6) is 0.554. The van der Waals surface area contributed by atoms with Crippen molar-refractivity contribution in [2.45, 2.75) is 38.5 Å². The van der Waals surface area contributed by atoms with E-state index in [1.807, 2.05) is 30.9 Å². The highest BCUT2D eigenvalue weighted by Crippen LogP contribution is 2.40. The molecule has 3 rings (SSSR count). The highest BCUT2D eigenvalue weighted by atomic mass is 19.4.